The third-order valence-electron chi connectivity index (χ3n) is 5.29. The summed E-state index contributed by atoms with van der Waals surface area (Å²) in [6.07, 6.45) is 9.58. The molecule has 0 aliphatic heterocycles. The highest BCUT2D eigenvalue weighted by atomic mass is 16.5. The van der Waals surface area contributed by atoms with Gasteiger partial charge in [0.25, 0.3) is 0 Å². The SMILES string of the molecule is Cc1oc(C2CCCC2)nc1CCOc1ccc2c(c1)CCC2. The van der Waals surface area contributed by atoms with Gasteiger partial charge in [0.15, 0.2) is 5.89 Å². The largest absolute Gasteiger partial charge is 0.493 e. The van der Waals surface area contributed by atoms with Crippen molar-refractivity contribution in [2.45, 2.75) is 64.2 Å². The monoisotopic (exact) mass is 311 g/mol. The van der Waals surface area contributed by atoms with Crippen LogP contribution in [-0.4, -0.2) is 11.6 Å². The number of nitrogens with zero attached hydrogens (tertiary/aromatic N) is 1. The molecule has 0 unspecified atom stereocenters. The maximum absolute atomic E-state index is 5.94. The highest BCUT2D eigenvalue weighted by Crippen LogP contribution is 2.34. The molecule has 4 rings (SSSR count). The Morgan fingerprint density at radius 3 is 2.83 bits per heavy atom. The molecule has 23 heavy (non-hydrogen) atoms. The van der Waals surface area contributed by atoms with Crippen LogP contribution in [0.4, 0.5) is 0 Å². The summed E-state index contributed by atoms with van der Waals surface area (Å²) in [5, 5.41) is 0. The van der Waals surface area contributed by atoms with Gasteiger partial charge in [-0.15, -0.1) is 0 Å². The first kappa shape index (κ1) is 14.8. The maximum Gasteiger partial charge on any atom is 0.197 e. The molecule has 0 amide bonds. The quantitative estimate of drug-likeness (QED) is 0.799. The third kappa shape index (κ3) is 3.15. The molecule has 1 aromatic carbocycles. The van der Waals surface area contributed by atoms with Gasteiger partial charge in [-0.1, -0.05) is 18.9 Å². The second-order valence-corrected chi connectivity index (χ2v) is 6.92. The summed E-state index contributed by atoms with van der Waals surface area (Å²) < 4.78 is 11.8. The lowest BCUT2D eigenvalue weighted by atomic mass is 10.1. The van der Waals surface area contributed by atoms with Crippen molar-refractivity contribution in [1.82, 2.24) is 4.98 Å². The summed E-state index contributed by atoms with van der Waals surface area (Å²) in [6, 6.07) is 6.53. The van der Waals surface area contributed by atoms with Gasteiger partial charge in [0.1, 0.15) is 11.5 Å². The van der Waals surface area contributed by atoms with E-state index in [4.69, 9.17) is 14.1 Å². The Hall–Kier alpha value is -1.77. The lowest BCUT2D eigenvalue weighted by Gasteiger charge is -2.07. The number of aryl methyl sites for hydroxylation is 3. The van der Waals surface area contributed by atoms with Crippen molar-refractivity contribution in [3.63, 3.8) is 0 Å². The van der Waals surface area contributed by atoms with E-state index in [-0.39, 0.29) is 0 Å². The maximum atomic E-state index is 5.94. The predicted molar refractivity (Wildman–Crippen MR) is 90.1 cm³/mol. The average Bonchev–Trinajstić information content (AvgIpc) is 3.27. The summed E-state index contributed by atoms with van der Waals surface area (Å²) in [5.41, 5.74) is 4.02. The van der Waals surface area contributed by atoms with Crippen LogP contribution in [0.2, 0.25) is 0 Å². The second-order valence-electron chi connectivity index (χ2n) is 6.92. The molecule has 1 saturated carbocycles. The Labute approximate surface area is 138 Å². The van der Waals surface area contributed by atoms with E-state index in [1.165, 1.54) is 56.1 Å². The minimum atomic E-state index is 0.542. The lowest BCUT2D eigenvalue weighted by molar-refractivity contribution is 0.319. The summed E-state index contributed by atoms with van der Waals surface area (Å²) in [6.45, 7) is 2.69. The van der Waals surface area contributed by atoms with Crippen LogP contribution in [0.5, 0.6) is 5.75 Å². The van der Waals surface area contributed by atoms with Gasteiger partial charge >= 0.3 is 0 Å². The number of rotatable bonds is 5. The molecule has 0 radical (unpaired) electrons. The van der Waals surface area contributed by atoms with Crippen LogP contribution in [0.15, 0.2) is 22.6 Å². The Balaban J connectivity index is 1.36. The van der Waals surface area contributed by atoms with Crippen LogP contribution in [0.3, 0.4) is 0 Å². The van der Waals surface area contributed by atoms with E-state index >= 15 is 0 Å². The van der Waals surface area contributed by atoms with Gasteiger partial charge in [0.2, 0.25) is 0 Å². The highest BCUT2D eigenvalue weighted by Gasteiger charge is 2.23. The zero-order chi connectivity index (χ0) is 15.6. The van der Waals surface area contributed by atoms with Crippen molar-refractivity contribution in [3.8, 4) is 5.75 Å². The second kappa shape index (κ2) is 6.38. The Kier molecular flexibility index (Phi) is 4.11. The molecule has 0 N–H and O–H groups in total. The molecule has 1 aromatic heterocycles. The molecule has 3 nitrogen and oxygen atoms in total. The number of aromatic nitrogens is 1. The molecule has 2 aromatic rings. The Bertz CT molecular complexity index is 683. The van der Waals surface area contributed by atoms with Crippen molar-refractivity contribution in [2.24, 2.45) is 0 Å². The molecule has 0 saturated heterocycles. The lowest BCUT2D eigenvalue weighted by Crippen LogP contribution is -2.03. The first-order valence-electron chi connectivity index (χ1n) is 9.00. The summed E-state index contributed by atoms with van der Waals surface area (Å²) in [4.78, 5) is 4.73. The Morgan fingerprint density at radius 2 is 1.96 bits per heavy atom. The predicted octanol–water partition coefficient (Wildman–Crippen LogP) is 4.75. The van der Waals surface area contributed by atoms with Gasteiger partial charge in [-0.25, -0.2) is 4.98 Å². The fourth-order valence-electron chi connectivity index (χ4n) is 3.93. The van der Waals surface area contributed by atoms with Gasteiger partial charge in [-0.05, 0) is 62.3 Å². The molecule has 1 fully saturated rings. The average molecular weight is 311 g/mol. The molecule has 0 atom stereocenters. The number of benzene rings is 1. The van der Waals surface area contributed by atoms with Crippen molar-refractivity contribution in [1.29, 1.82) is 0 Å². The molecule has 1 heterocycles. The van der Waals surface area contributed by atoms with Crippen molar-refractivity contribution >= 4 is 0 Å². The normalized spacial score (nSPS) is 17.6. The van der Waals surface area contributed by atoms with Gasteiger partial charge < -0.3 is 9.15 Å². The fraction of sp³-hybridized carbons (Fsp3) is 0.550. The smallest absolute Gasteiger partial charge is 0.197 e. The summed E-state index contributed by atoms with van der Waals surface area (Å²) in [5.74, 6) is 3.44. The van der Waals surface area contributed by atoms with E-state index < -0.39 is 0 Å². The number of hydrogen-bond acceptors (Lipinski definition) is 3. The zero-order valence-corrected chi connectivity index (χ0v) is 13.9. The van der Waals surface area contributed by atoms with Gasteiger partial charge in [0.05, 0.1) is 12.3 Å². The van der Waals surface area contributed by atoms with Crippen LogP contribution in [0, 0.1) is 6.92 Å². The first-order valence-corrected chi connectivity index (χ1v) is 9.00. The van der Waals surface area contributed by atoms with Crippen LogP contribution in [0.25, 0.3) is 0 Å². The number of oxazole rings is 1. The van der Waals surface area contributed by atoms with E-state index in [1.807, 2.05) is 6.92 Å². The molecule has 122 valence electrons. The minimum absolute atomic E-state index is 0.542. The summed E-state index contributed by atoms with van der Waals surface area (Å²) >= 11 is 0. The van der Waals surface area contributed by atoms with E-state index in [9.17, 15) is 0 Å². The van der Waals surface area contributed by atoms with Crippen LogP contribution >= 0.6 is 0 Å². The molecular weight excluding hydrogens is 286 g/mol. The van der Waals surface area contributed by atoms with Crippen LogP contribution in [0.1, 0.15) is 66.5 Å². The highest BCUT2D eigenvalue weighted by molar-refractivity contribution is 5.38. The molecular formula is C20H25NO2. The molecule has 2 aliphatic rings. The minimum Gasteiger partial charge on any atom is -0.493 e. The molecule has 0 bridgehead atoms. The van der Waals surface area contributed by atoms with Crippen LogP contribution in [-0.2, 0) is 19.3 Å². The van der Waals surface area contributed by atoms with Crippen molar-refractivity contribution in [2.75, 3.05) is 6.61 Å². The topological polar surface area (TPSA) is 35.3 Å². The number of ether oxygens (including phenoxy) is 1. The van der Waals surface area contributed by atoms with E-state index in [0.29, 0.717) is 12.5 Å². The Morgan fingerprint density at radius 1 is 1.13 bits per heavy atom. The van der Waals surface area contributed by atoms with Gasteiger partial charge in [-0.2, -0.15) is 0 Å². The van der Waals surface area contributed by atoms with Gasteiger partial charge in [-0.3, -0.25) is 0 Å². The molecule has 2 aliphatic carbocycles. The van der Waals surface area contributed by atoms with E-state index in [0.717, 1.165) is 29.5 Å². The van der Waals surface area contributed by atoms with Crippen LogP contribution < -0.4 is 4.74 Å². The van der Waals surface area contributed by atoms with Gasteiger partial charge in [0, 0.05) is 12.3 Å². The number of hydrogen-bond donors (Lipinski definition) is 0. The standard InChI is InChI=1S/C20H25NO2/c1-14-19(21-20(23-14)16-5-2-3-6-16)11-12-22-18-10-9-15-7-4-8-17(15)13-18/h9-10,13,16H,2-8,11-12H2,1H3. The fourth-order valence-corrected chi connectivity index (χ4v) is 3.93. The summed E-state index contributed by atoms with van der Waals surface area (Å²) in [7, 11) is 0. The van der Waals surface area contributed by atoms with E-state index in [1.54, 1.807) is 0 Å². The number of fused-ring (bicyclic) bond motifs is 1. The van der Waals surface area contributed by atoms with Crippen molar-refractivity contribution < 1.29 is 9.15 Å². The van der Waals surface area contributed by atoms with E-state index in [2.05, 4.69) is 18.2 Å². The molecule has 3 heteroatoms. The third-order valence-corrected chi connectivity index (χ3v) is 5.29. The van der Waals surface area contributed by atoms with Crippen molar-refractivity contribution in [3.05, 3.63) is 46.7 Å². The molecule has 0 spiro atoms. The zero-order valence-electron chi connectivity index (χ0n) is 13.9. The first-order chi connectivity index (χ1) is 11.3.